The summed E-state index contributed by atoms with van der Waals surface area (Å²) in [5, 5.41) is 23.2. The summed E-state index contributed by atoms with van der Waals surface area (Å²) in [5.74, 6) is -1.07. The van der Waals surface area contributed by atoms with E-state index in [1.54, 1.807) is 26.0 Å². The summed E-state index contributed by atoms with van der Waals surface area (Å²) >= 11 is 0. The average Bonchev–Trinajstić information content (AvgIpc) is 2.36. The number of benzene rings is 1. The van der Waals surface area contributed by atoms with Crippen molar-refractivity contribution in [3.8, 4) is 0 Å². The van der Waals surface area contributed by atoms with Crippen LogP contribution in [-0.2, 0) is 0 Å². The van der Waals surface area contributed by atoms with E-state index in [1.165, 1.54) is 0 Å². The minimum atomic E-state index is -1.19. The molecule has 3 N–H and O–H groups in total. The monoisotopic (exact) mass is 289 g/mol. The molecule has 0 atom stereocenters. The Morgan fingerprint density at radius 2 is 1.76 bits per heavy atom. The van der Waals surface area contributed by atoms with E-state index in [2.05, 4.69) is 15.3 Å². The molecule has 0 bridgehead atoms. The van der Waals surface area contributed by atoms with Crippen LogP contribution in [0.1, 0.15) is 38.3 Å². The van der Waals surface area contributed by atoms with Crippen LogP contribution in [0.4, 0.5) is 5.82 Å². The summed E-state index contributed by atoms with van der Waals surface area (Å²) in [5.41, 5.74) is -1.19. The minimum absolute atomic E-state index is 0.275. The maximum absolute atomic E-state index is 11.2. The number of nitrogens with one attached hydrogen (secondary N) is 1. The van der Waals surface area contributed by atoms with Gasteiger partial charge in [-0.15, -0.1) is 0 Å². The van der Waals surface area contributed by atoms with Crippen LogP contribution in [0.15, 0.2) is 24.3 Å². The minimum Gasteiger partial charge on any atom is -0.475 e. The highest BCUT2D eigenvalue weighted by molar-refractivity contribution is 5.93. The summed E-state index contributed by atoms with van der Waals surface area (Å²) in [4.78, 5) is 19.2. The van der Waals surface area contributed by atoms with Gasteiger partial charge in [0, 0.05) is 5.39 Å². The van der Waals surface area contributed by atoms with Gasteiger partial charge in [-0.1, -0.05) is 12.1 Å². The lowest BCUT2D eigenvalue weighted by Gasteiger charge is -2.38. The second-order valence-corrected chi connectivity index (χ2v) is 6.03. The highest BCUT2D eigenvalue weighted by Gasteiger charge is 2.35. The molecule has 0 unspecified atom stereocenters. The third kappa shape index (κ3) is 2.95. The quantitative estimate of drug-likeness (QED) is 0.799. The normalized spacial score (nSPS) is 12.4. The van der Waals surface area contributed by atoms with Gasteiger partial charge in [0.05, 0.1) is 16.7 Å². The van der Waals surface area contributed by atoms with E-state index in [-0.39, 0.29) is 5.82 Å². The zero-order valence-electron chi connectivity index (χ0n) is 12.5. The molecular formula is C15H19N3O3. The summed E-state index contributed by atoms with van der Waals surface area (Å²) in [6.07, 6.45) is 0. The first kappa shape index (κ1) is 15.2. The van der Waals surface area contributed by atoms with E-state index < -0.39 is 17.1 Å². The molecule has 0 saturated carbocycles. The van der Waals surface area contributed by atoms with E-state index in [0.717, 1.165) is 0 Å². The SMILES string of the molecule is CC(C)(O)C(C)(C)Nc1nc(C(=O)O)nc2ccccc12. The number of aromatic carboxylic acids is 1. The van der Waals surface area contributed by atoms with E-state index in [1.807, 2.05) is 26.0 Å². The summed E-state index contributed by atoms with van der Waals surface area (Å²) in [6, 6.07) is 7.15. The number of anilines is 1. The van der Waals surface area contributed by atoms with Crippen molar-refractivity contribution in [3.63, 3.8) is 0 Å². The van der Waals surface area contributed by atoms with Crippen LogP contribution in [0.5, 0.6) is 0 Å². The van der Waals surface area contributed by atoms with Crippen molar-refractivity contribution < 1.29 is 15.0 Å². The molecule has 1 aromatic carbocycles. The molecule has 1 heterocycles. The number of carboxylic acid groups (broad SMARTS) is 1. The molecule has 0 aliphatic heterocycles. The highest BCUT2D eigenvalue weighted by Crippen LogP contribution is 2.28. The molecule has 6 nitrogen and oxygen atoms in total. The summed E-state index contributed by atoms with van der Waals surface area (Å²) in [7, 11) is 0. The average molecular weight is 289 g/mol. The lowest BCUT2D eigenvalue weighted by molar-refractivity contribution is 0.0239. The van der Waals surface area contributed by atoms with Crippen molar-refractivity contribution in [1.82, 2.24) is 9.97 Å². The second-order valence-electron chi connectivity index (χ2n) is 6.03. The molecule has 0 aliphatic carbocycles. The van der Waals surface area contributed by atoms with Gasteiger partial charge >= 0.3 is 5.97 Å². The Bertz CT molecular complexity index is 690. The van der Waals surface area contributed by atoms with Crippen LogP contribution in [-0.4, -0.2) is 37.3 Å². The Balaban J connectivity index is 2.59. The molecule has 2 rings (SSSR count). The fourth-order valence-corrected chi connectivity index (χ4v) is 1.72. The van der Waals surface area contributed by atoms with E-state index >= 15 is 0 Å². The second kappa shape index (κ2) is 4.96. The first-order chi connectivity index (χ1) is 9.62. The number of para-hydroxylation sites is 1. The number of aliphatic hydroxyl groups is 1. The number of carbonyl (C=O) groups is 1. The summed E-state index contributed by atoms with van der Waals surface area (Å²) < 4.78 is 0. The highest BCUT2D eigenvalue weighted by atomic mass is 16.4. The number of carboxylic acids is 1. The Morgan fingerprint density at radius 1 is 1.14 bits per heavy atom. The van der Waals surface area contributed by atoms with Gasteiger partial charge in [-0.05, 0) is 39.8 Å². The Labute approximate surface area is 122 Å². The molecule has 0 saturated heterocycles. The largest absolute Gasteiger partial charge is 0.475 e. The number of hydrogen-bond acceptors (Lipinski definition) is 5. The predicted molar refractivity (Wildman–Crippen MR) is 80.5 cm³/mol. The van der Waals surface area contributed by atoms with Crippen molar-refractivity contribution >= 4 is 22.7 Å². The third-order valence-electron chi connectivity index (χ3n) is 3.75. The molecule has 1 aromatic heterocycles. The lowest BCUT2D eigenvalue weighted by Crippen LogP contribution is -2.51. The molecule has 112 valence electrons. The first-order valence-electron chi connectivity index (χ1n) is 6.62. The first-order valence-corrected chi connectivity index (χ1v) is 6.62. The molecule has 6 heteroatoms. The van der Waals surface area contributed by atoms with Crippen molar-refractivity contribution in [2.45, 2.75) is 38.8 Å². The van der Waals surface area contributed by atoms with Crippen LogP contribution >= 0.6 is 0 Å². The van der Waals surface area contributed by atoms with Crippen LogP contribution in [0.3, 0.4) is 0 Å². The standard InChI is InChI=1S/C15H19N3O3/c1-14(2,15(3,4)21)18-11-9-7-5-6-8-10(9)16-12(17-11)13(19)20/h5-8,21H,1-4H3,(H,19,20)(H,16,17,18). The maximum atomic E-state index is 11.2. The zero-order valence-corrected chi connectivity index (χ0v) is 12.5. The van der Waals surface area contributed by atoms with Crippen LogP contribution in [0.25, 0.3) is 10.9 Å². The molecular weight excluding hydrogens is 270 g/mol. The summed E-state index contributed by atoms with van der Waals surface area (Å²) in [6.45, 7) is 7.01. The Hall–Kier alpha value is -2.21. The molecule has 0 aliphatic rings. The number of nitrogens with zero attached hydrogens (tertiary/aromatic N) is 2. The van der Waals surface area contributed by atoms with E-state index in [4.69, 9.17) is 5.11 Å². The van der Waals surface area contributed by atoms with Crippen molar-refractivity contribution in [2.75, 3.05) is 5.32 Å². The molecule has 21 heavy (non-hydrogen) atoms. The smallest absolute Gasteiger partial charge is 0.374 e. The van der Waals surface area contributed by atoms with Crippen molar-refractivity contribution in [1.29, 1.82) is 0 Å². The van der Waals surface area contributed by atoms with Gasteiger partial charge < -0.3 is 15.5 Å². The Kier molecular flexibility index (Phi) is 3.59. The number of hydrogen-bond donors (Lipinski definition) is 3. The van der Waals surface area contributed by atoms with Gasteiger partial charge in [0.1, 0.15) is 5.82 Å². The molecule has 0 radical (unpaired) electrons. The lowest BCUT2D eigenvalue weighted by atomic mass is 9.86. The van der Waals surface area contributed by atoms with Gasteiger partial charge in [-0.2, -0.15) is 0 Å². The molecule has 0 amide bonds. The van der Waals surface area contributed by atoms with Crippen LogP contribution in [0.2, 0.25) is 0 Å². The van der Waals surface area contributed by atoms with Gasteiger partial charge in [0.25, 0.3) is 0 Å². The third-order valence-corrected chi connectivity index (χ3v) is 3.75. The van der Waals surface area contributed by atoms with E-state index in [9.17, 15) is 9.90 Å². The van der Waals surface area contributed by atoms with E-state index in [0.29, 0.717) is 16.7 Å². The fourth-order valence-electron chi connectivity index (χ4n) is 1.72. The number of aromatic nitrogens is 2. The number of fused-ring (bicyclic) bond motifs is 1. The Morgan fingerprint density at radius 3 is 2.33 bits per heavy atom. The zero-order chi connectivity index (χ0) is 15.8. The van der Waals surface area contributed by atoms with Crippen molar-refractivity contribution in [2.24, 2.45) is 0 Å². The van der Waals surface area contributed by atoms with Crippen LogP contribution < -0.4 is 5.32 Å². The topological polar surface area (TPSA) is 95.3 Å². The van der Waals surface area contributed by atoms with Gasteiger partial charge in [0.15, 0.2) is 0 Å². The molecule has 2 aromatic rings. The predicted octanol–water partition coefficient (Wildman–Crippen LogP) is 2.29. The van der Waals surface area contributed by atoms with Crippen LogP contribution in [0, 0.1) is 0 Å². The molecule has 0 fully saturated rings. The maximum Gasteiger partial charge on any atom is 0.374 e. The molecule has 0 spiro atoms. The van der Waals surface area contributed by atoms with Gasteiger partial charge in [-0.3, -0.25) is 0 Å². The van der Waals surface area contributed by atoms with Crippen molar-refractivity contribution in [3.05, 3.63) is 30.1 Å². The fraction of sp³-hybridized carbons (Fsp3) is 0.400. The number of rotatable bonds is 4. The van der Waals surface area contributed by atoms with Gasteiger partial charge in [-0.25, -0.2) is 14.8 Å². The van der Waals surface area contributed by atoms with Gasteiger partial charge in [0.2, 0.25) is 5.82 Å².